The van der Waals surface area contributed by atoms with Crippen molar-refractivity contribution in [3.05, 3.63) is 50.5 Å². The quantitative estimate of drug-likeness (QED) is 0.738. The monoisotopic (exact) mass is 400 g/mol. The molecule has 0 aliphatic heterocycles. The van der Waals surface area contributed by atoms with E-state index in [1.165, 1.54) is 6.07 Å². The largest absolute Gasteiger partial charge is 0.326 e. The van der Waals surface area contributed by atoms with E-state index in [1.54, 1.807) is 6.20 Å². The standard InChI is InChI=1S/C16H15Cl3N4O2/c1-3-8-5-6-20-11(4-2)12(8)21-16(25)23-15(24)9-7-10(17)14(19)22-13(9)18/h5-7H,3-4H2,1-2H3,(H2,21,23,24,25). The van der Waals surface area contributed by atoms with Crippen LogP contribution in [0.25, 0.3) is 0 Å². The van der Waals surface area contributed by atoms with E-state index in [4.69, 9.17) is 34.8 Å². The van der Waals surface area contributed by atoms with Crippen molar-refractivity contribution in [2.24, 2.45) is 0 Å². The van der Waals surface area contributed by atoms with Crippen LogP contribution in [0.3, 0.4) is 0 Å². The molecule has 3 amide bonds. The number of hydrogen-bond donors (Lipinski definition) is 2. The van der Waals surface area contributed by atoms with Crippen LogP contribution in [0.2, 0.25) is 15.3 Å². The number of amides is 3. The molecule has 0 fully saturated rings. The minimum atomic E-state index is -0.742. The number of carbonyl (C=O) groups excluding carboxylic acids is 2. The lowest BCUT2D eigenvalue weighted by Gasteiger charge is -2.14. The summed E-state index contributed by atoms with van der Waals surface area (Å²) >= 11 is 17.4. The number of aryl methyl sites for hydroxylation is 2. The zero-order chi connectivity index (χ0) is 18.6. The molecule has 9 heteroatoms. The molecule has 0 aliphatic carbocycles. The summed E-state index contributed by atoms with van der Waals surface area (Å²) in [6.07, 6.45) is 3.04. The van der Waals surface area contributed by atoms with Gasteiger partial charge in [0, 0.05) is 6.20 Å². The summed E-state index contributed by atoms with van der Waals surface area (Å²) < 4.78 is 0. The number of aromatic nitrogens is 2. The lowest BCUT2D eigenvalue weighted by atomic mass is 10.1. The summed E-state index contributed by atoms with van der Waals surface area (Å²) in [5.41, 5.74) is 2.19. The number of urea groups is 1. The summed E-state index contributed by atoms with van der Waals surface area (Å²) in [5.74, 6) is -0.742. The van der Waals surface area contributed by atoms with Crippen molar-refractivity contribution in [2.45, 2.75) is 26.7 Å². The lowest BCUT2D eigenvalue weighted by Crippen LogP contribution is -2.35. The van der Waals surface area contributed by atoms with Gasteiger partial charge in [-0.05, 0) is 30.5 Å². The first-order valence-corrected chi connectivity index (χ1v) is 8.61. The molecule has 0 aliphatic rings. The molecule has 6 nitrogen and oxygen atoms in total. The Labute approximate surface area is 159 Å². The third-order valence-corrected chi connectivity index (χ3v) is 4.39. The van der Waals surface area contributed by atoms with Crippen LogP contribution in [0.4, 0.5) is 10.5 Å². The third-order valence-electron chi connectivity index (χ3n) is 3.43. The van der Waals surface area contributed by atoms with Gasteiger partial charge in [-0.2, -0.15) is 0 Å². The van der Waals surface area contributed by atoms with E-state index in [1.807, 2.05) is 19.9 Å². The Hall–Kier alpha value is -1.89. The normalized spacial score (nSPS) is 10.4. The van der Waals surface area contributed by atoms with Crippen molar-refractivity contribution >= 4 is 52.4 Å². The minimum Gasteiger partial charge on any atom is -0.306 e. The molecule has 2 rings (SSSR count). The summed E-state index contributed by atoms with van der Waals surface area (Å²) in [5, 5.41) is 4.75. The van der Waals surface area contributed by atoms with Gasteiger partial charge in [-0.25, -0.2) is 9.78 Å². The molecule has 2 N–H and O–H groups in total. The van der Waals surface area contributed by atoms with E-state index in [2.05, 4.69) is 20.6 Å². The second kappa shape index (κ2) is 8.47. The number of halogens is 3. The van der Waals surface area contributed by atoms with E-state index >= 15 is 0 Å². The molecule has 2 aromatic heterocycles. The molecule has 0 atom stereocenters. The summed E-state index contributed by atoms with van der Waals surface area (Å²) in [6.45, 7) is 3.89. The number of nitrogens with one attached hydrogen (secondary N) is 2. The average Bonchev–Trinajstić information content (AvgIpc) is 2.58. The van der Waals surface area contributed by atoms with Crippen LogP contribution >= 0.6 is 34.8 Å². The molecule has 0 saturated carbocycles. The number of hydrogen-bond acceptors (Lipinski definition) is 4. The predicted molar refractivity (Wildman–Crippen MR) is 98.7 cm³/mol. The summed E-state index contributed by atoms with van der Waals surface area (Å²) in [6, 6.07) is 2.36. The number of carbonyl (C=O) groups is 2. The van der Waals surface area contributed by atoms with Crippen LogP contribution in [0.1, 0.15) is 35.5 Å². The average molecular weight is 402 g/mol. The maximum absolute atomic E-state index is 12.2. The molecule has 0 bridgehead atoms. The molecule has 25 heavy (non-hydrogen) atoms. The summed E-state index contributed by atoms with van der Waals surface area (Å²) in [7, 11) is 0. The van der Waals surface area contributed by atoms with Gasteiger partial charge in [0.25, 0.3) is 5.91 Å². The van der Waals surface area contributed by atoms with Crippen molar-refractivity contribution < 1.29 is 9.59 Å². The molecule has 2 heterocycles. The molecule has 0 aromatic carbocycles. The zero-order valence-electron chi connectivity index (χ0n) is 13.5. The highest BCUT2D eigenvalue weighted by molar-refractivity contribution is 6.42. The van der Waals surface area contributed by atoms with Crippen LogP contribution in [0.5, 0.6) is 0 Å². The fourth-order valence-corrected chi connectivity index (χ4v) is 2.74. The van der Waals surface area contributed by atoms with E-state index in [0.29, 0.717) is 18.5 Å². The topological polar surface area (TPSA) is 84.0 Å². The predicted octanol–water partition coefficient (Wildman–Crippen LogP) is 4.52. The number of rotatable bonds is 4. The van der Waals surface area contributed by atoms with Gasteiger partial charge in [-0.15, -0.1) is 0 Å². The zero-order valence-corrected chi connectivity index (χ0v) is 15.8. The Morgan fingerprint density at radius 3 is 2.48 bits per heavy atom. The number of pyridine rings is 2. The first kappa shape index (κ1) is 19.4. The molecule has 0 spiro atoms. The van der Waals surface area contributed by atoms with Gasteiger partial charge in [-0.1, -0.05) is 48.7 Å². The Morgan fingerprint density at radius 2 is 1.84 bits per heavy atom. The number of nitrogens with zero attached hydrogens (tertiary/aromatic N) is 2. The molecule has 0 saturated heterocycles. The van der Waals surface area contributed by atoms with Crippen LogP contribution < -0.4 is 10.6 Å². The van der Waals surface area contributed by atoms with Crippen LogP contribution in [-0.4, -0.2) is 21.9 Å². The van der Waals surface area contributed by atoms with Crippen LogP contribution in [0.15, 0.2) is 18.3 Å². The Balaban J connectivity index is 2.19. The molecular formula is C16H15Cl3N4O2. The highest BCUT2D eigenvalue weighted by Gasteiger charge is 2.18. The van der Waals surface area contributed by atoms with Gasteiger partial charge >= 0.3 is 6.03 Å². The highest BCUT2D eigenvalue weighted by Crippen LogP contribution is 2.25. The fraction of sp³-hybridized carbons (Fsp3) is 0.250. The Bertz CT molecular complexity index is 805. The maximum atomic E-state index is 12.2. The van der Waals surface area contributed by atoms with Gasteiger partial charge in [0.05, 0.1) is 22.0 Å². The van der Waals surface area contributed by atoms with Gasteiger partial charge in [0.15, 0.2) is 0 Å². The minimum absolute atomic E-state index is 0.0248. The van der Waals surface area contributed by atoms with E-state index < -0.39 is 11.9 Å². The summed E-state index contributed by atoms with van der Waals surface area (Å²) in [4.78, 5) is 32.4. The first-order chi connectivity index (χ1) is 11.9. The second-order valence-corrected chi connectivity index (χ2v) is 6.13. The van der Waals surface area contributed by atoms with Gasteiger partial charge in [0.1, 0.15) is 10.3 Å². The van der Waals surface area contributed by atoms with Crippen molar-refractivity contribution in [3.8, 4) is 0 Å². The SMILES string of the molecule is CCc1ccnc(CC)c1NC(=O)NC(=O)c1cc(Cl)c(Cl)nc1Cl. The second-order valence-electron chi connectivity index (χ2n) is 5.01. The van der Waals surface area contributed by atoms with Crippen molar-refractivity contribution in [2.75, 3.05) is 5.32 Å². The van der Waals surface area contributed by atoms with Crippen molar-refractivity contribution in [1.29, 1.82) is 0 Å². The lowest BCUT2D eigenvalue weighted by molar-refractivity contribution is 0.0967. The first-order valence-electron chi connectivity index (χ1n) is 7.47. The molecule has 2 aromatic rings. The molecule has 0 radical (unpaired) electrons. The molecule has 0 unspecified atom stereocenters. The molecule has 132 valence electrons. The van der Waals surface area contributed by atoms with E-state index in [9.17, 15) is 9.59 Å². The number of anilines is 1. The van der Waals surface area contributed by atoms with Gasteiger partial charge in [-0.3, -0.25) is 15.1 Å². The van der Waals surface area contributed by atoms with Gasteiger partial charge in [0.2, 0.25) is 0 Å². The third kappa shape index (κ3) is 4.60. The Kier molecular flexibility index (Phi) is 6.58. The van der Waals surface area contributed by atoms with Crippen molar-refractivity contribution in [3.63, 3.8) is 0 Å². The number of imide groups is 1. The maximum Gasteiger partial charge on any atom is 0.326 e. The highest BCUT2D eigenvalue weighted by atomic mass is 35.5. The van der Waals surface area contributed by atoms with Crippen LogP contribution in [-0.2, 0) is 12.8 Å². The van der Waals surface area contributed by atoms with Gasteiger partial charge < -0.3 is 5.32 Å². The van der Waals surface area contributed by atoms with E-state index in [0.717, 1.165) is 11.3 Å². The smallest absolute Gasteiger partial charge is 0.306 e. The van der Waals surface area contributed by atoms with Crippen molar-refractivity contribution in [1.82, 2.24) is 15.3 Å². The fourth-order valence-electron chi connectivity index (χ4n) is 2.19. The van der Waals surface area contributed by atoms with Crippen LogP contribution in [0, 0.1) is 0 Å². The van der Waals surface area contributed by atoms with E-state index in [-0.39, 0.29) is 20.9 Å². The molecular weight excluding hydrogens is 387 g/mol. The Morgan fingerprint density at radius 1 is 1.12 bits per heavy atom.